The second-order valence-electron chi connectivity index (χ2n) is 10.9. The first-order valence-electron chi connectivity index (χ1n) is 14.9. The van der Waals surface area contributed by atoms with Gasteiger partial charge in [-0.05, 0) is 49.2 Å². The molecular weight excluding hydrogens is 684 g/mol. The van der Waals surface area contributed by atoms with E-state index in [0.717, 1.165) is 57.7 Å². The number of urea groups is 1. The summed E-state index contributed by atoms with van der Waals surface area (Å²) in [6.45, 7) is 5.12. The van der Waals surface area contributed by atoms with Crippen LogP contribution in [0.3, 0.4) is 0 Å². The van der Waals surface area contributed by atoms with Crippen molar-refractivity contribution >= 4 is 41.2 Å². The molecule has 0 radical (unpaired) electrons. The van der Waals surface area contributed by atoms with Crippen molar-refractivity contribution in [3.8, 4) is 11.4 Å². The van der Waals surface area contributed by atoms with Gasteiger partial charge in [0, 0.05) is 68.6 Å². The number of hydrogen-bond donors (Lipinski definition) is 5. The number of nitrogens with zero attached hydrogens (tertiary/aromatic N) is 6. The molecule has 3 aliphatic heterocycles. The minimum Gasteiger partial charge on any atom is -0.475 e. The van der Waals surface area contributed by atoms with Crippen LogP contribution < -0.4 is 25.8 Å². The molecule has 1 aromatic carbocycles. The number of carboxylic acid groups (broad SMARTS) is 2. The number of benzene rings is 1. The minimum atomic E-state index is -5.08. The minimum absolute atomic E-state index is 0.246. The Morgan fingerprint density at radius 2 is 1.20 bits per heavy atom. The summed E-state index contributed by atoms with van der Waals surface area (Å²) in [5, 5.41) is 23.3. The highest BCUT2D eigenvalue weighted by molar-refractivity contribution is 5.99. The number of hydrogen-bond acceptors (Lipinski definition) is 11. The molecule has 2 amide bonds. The van der Waals surface area contributed by atoms with Gasteiger partial charge >= 0.3 is 30.3 Å². The number of aromatic nitrogens is 4. The quantitative estimate of drug-likeness (QED) is 0.241. The van der Waals surface area contributed by atoms with Crippen molar-refractivity contribution in [1.82, 2.24) is 25.3 Å². The van der Waals surface area contributed by atoms with E-state index in [0.29, 0.717) is 29.1 Å². The van der Waals surface area contributed by atoms with E-state index < -0.39 is 24.3 Å². The smallest absolute Gasteiger partial charge is 0.475 e. The number of fused-ring (bicyclic) bond motifs is 2. The average molecular weight is 716 g/mol. The number of morpholine rings is 1. The Balaban J connectivity index is 0.000000340. The Morgan fingerprint density at radius 1 is 0.740 bits per heavy atom. The number of carboxylic acids is 2. The van der Waals surface area contributed by atoms with Crippen LogP contribution in [-0.2, 0) is 14.3 Å². The van der Waals surface area contributed by atoms with Crippen molar-refractivity contribution in [1.29, 1.82) is 0 Å². The van der Waals surface area contributed by atoms with Gasteiger partial charge < -0.3 is 40.7 Å². The van der Waals surface area contributed by atoms with Gasteiger partial charge in [-0.25, -0.2) is 14.4 Å². The van der Waals surface area contributed by atoms with Gasteiger partial charge in [0.25, 0.3) is 0 Å². The van der Waals surface area contributed by atoms with E-state index in [4.69, 9.17) is 39.5 Å². The molecule has 2 atom stereocenters. The number of nitrogens with one attached hydrogen (secondary N) is 3. The highest BCUT2D eigenvalue weighted by atomic mass is 19.4. The van der Waals surface area contributed by atoms with Crippen LogP contribution in [0.5, 0.6) is 0 Å². The number of pyridine rings is 1. The standard InChI is InChI=1S/C25H29N9O2.2C2HF3O2/c35-25(29-19-7-9-26-10-8-19)28-18-3-1-17(2-4-18)22-30-23(33-13-11-27-12-14-33)32-24(31-22)34-15-20-5-6-21(16-34)36-20;2*3-2(4,5)1(6)7/h1-4,7-10,20-21,27H,5-6,11-16H2,(H2,26,28,29,35);2*(H,6,7). The highest BCUT2D eigenvalue weighted by Crippen LogP contribution is 2.30. The van der Waals surface area contributed by atoms with Crippen LogP contribution >= 0.6 is 0 Å². The summed E-state index contributed by atoms with van der Waals surface area (Å²) in [6, 6.07) is 10.7. The molecule has 5 N–H and O–H groups in total. The summed E-state index contributed by atoms with van der Waals surface area (Å²) in [5.41, 5.74) is 2.21. The lowest BCUT2D eigenvalue weighted by Crippen LogP contribution is -2.45. The zero-order valence-electron chi connectivity index (χ0n) is 25.9. The molecule has 6 rings (SSSR count). The first-order valence-corrected chi connectivity index (χ1v) is 14.9. The summed E-state index contributed by atoms with van der Waals surface area (Å²) < 4.78 is 69.5. The molecule has 5 heterocycles. The van der Waals surface area contributed by atoms with Crippen molar-refractivity contribution in [3.63, 3.8) is 0 Å². The van der Waals surface area contributed by atoms with E-state index in [1.807, 2.05) is 24.3 Å². The summed E-state index contributed by atoms with van der Waals surface area (Å²) >= 11 is 0. The number of carbonyl (C=O) groups is 3. The molecular formula is C29H31F6N9O6. The van der Waals surface area contributed by atoms with Gasteiger partial charge in [0.15, 0.2) is 5.82 Å². The SMILES string of the molecule is O=C(Nc1ccncc1)Nc1ccc(-c2nc(N3CCNCC3)nc(N3CC4CCC(C3)O4)n2)cc1.O=C(O)C(F)(F)F.O=C(O)C(F)(F)F. The van der Waals surface area contributed by atoms with Crippen molar-refractivity contribution in [2.45, 2.75) is 37.4 Å². The third-order valence-corrected chi connectivity index (χ3v) is 7.16. The Morgan fingerprint density at radius 3 is 1.68 bits per heavy atom. The third kappa shape index (κ3) is 11.1. The van der Waals surface area contributed by atoms with E-state index in [-0.39, 0.29) is 18.2 Å². The largest absolute Gasteiger partial charge is 0.490 e. The zero-order chi connectivity index (χ0) is 36.5. The van der Waals surface area contributed by atoms with Crippen LogP contribution in [0.1, 0.15) is 12.8 Å². The van der Waals surface area contributed by atoms with Crippen molar-refractivity contribution < 1.29 is 55.7 Å². The summed E-state index contributed by atoms with van der Waals surface area (Å²) in [4.78, 5) is 53.1. The number of aliphatic carboxylic acids is 2. The number of alkyl halides is 6. The van der Waals surface area contributed by atoms with Gasteiger partial charge in [-0.1, -0.05) is 0 Å². The highest BCUT2D eigenvalue weighted by Gasteiger charge is 2.39. The van der Waals surface area contributed by atoms with E-state index in [9.17, 15) is 31.1 Å². The maximum absolute atomic E-state index is 12.3. The number of ether oxygens (including phenoxy) is 1. The molecule has 2 unspecified atom stereocenters. The lowest BCUT2D eigenvalue weighted by atomic mass is 10.2. The maximum atomic E-state index is 12.3. The number of piperazine rings is 1. The zero-order valence-corrected chi connectivity index (χ0v) is 25.9. The fourth-order valence-corrected chi connectivity index (χ4v) is 4.84. The average Bonchev–Trinajstić information content (AvgIpc) is 3.42. The molecule has 2 bridgehead atoms. The summed E-state index contributed by atoms with van der Waals surface area (Å²) in [6.07, 6.45) is -4.24. The molecule has 0 saturated carbocycles. The molecule has 21 heteroatoms. The summed E-state index contributed by atoms with van der Waals surface area (Å²) in [7, 11) is 0. The van der Waals surface area contributed by atoms with Crippen molar-refractivity contribution in [2.75, 3.05) is 59.7 Å². The molecule has 50 heavy (non-hydrogen) atoms. The Kier molecular flexibility index (Phi) is 12.3. The van der Waals surface area contributed by atoms with Gasteiger partial charge in [-0.3, -0.25) is 4.98 Å². The van der Waals surface area contributed by atoms with Gasteiger partial charge in [0.2, 0.25) is 11.9 Å². The van der Waals surface area contributed by atoms with Gasteiger partial charge in [-0.15, -0.1) is 0 Å². The number of rotatable bonds is 5. The van der Waals surface area contributed by atoms with Crippen LogP contribution in [0, 0.1) is 0 Å². The molecule has 0 spiro atoms. The normalized spacial score (nSPS) is 18.5. The maximum Gasteiger partial charge on any atom is 0.490 e. The van der Waals surface area contributed by atoms with Crippen molar-refractivity contribution in [2.24, 2.45) is 0 Å². The van der Waals surface area contributed by atoms with Crippen LogP contribution in [0.4, 0.5) is 54.4 Å². The molecule has 270 valence electrons. The summed E-state index contributed by atoms with van der Waals surface area (Å²) in [5.74, 6) is -3.48. The predicted molar refractivity (Wildman–Crippen MR) is 165 cm³/mol. The molecule has 0 aliphatic carbocycles. The van der Waals surface area contributed by atoms with E-state index in [1.165, 1.54) is 0 Å². The second kappa shape index (κ2) is 16.4. The molecule has 3 aromatic rings. The molecule has 15 nitrogen and oxygen atoms in total. The van der Waals surface area contributed by atoms with E-state index in [2.05, 4.69) is 30.7 Å². The van der Waals surface area contributed by atoms with Crippen molar-refractivity contribution in [3.05, 3.63) is 48.8 Å². The lowest BCUT2D eigenvalue weighted by Gasteiger charge is -2.33. The van der Waals surface area contributed by atoms with Crippen LogP contribution in [0.15, 0.2) is 48.8 Å². The first-order chi connectivity index (χ1) is 23.6. The molecule has 3 saturated heterocycles. The number of carbonyl (C=O) groups excluding carboxylic acids is 1. The van der Waals surface area contributed by atoms with Gasteiger partial charge in [-0.2, -0.15) is 41.3 Å². The van der Waals surface area contributed by atoms with E-state index in [1.54, 1.807) is 24.5 Å². The van der Waals surface area contributed by atoms with E-state index >= 15 is 0 Å². The topological polar surface area (TPSA) is 195 Å². The van der Waals surface area contributed by atoms with Crippen LogP contribution in [0.25, 0.3) is 11.4 Å². The molecule has 3 fully saturated rings. The fraction of sp³-hybridized carbons (Fsp3) is 0.414. The molecule has 3 aliphatic rings. The first kappa shape index (κ1) is 37.5. The lowest BCUT2D eigenvalue weighted by molar-refractivity contribution is -0.193. The monoisotopic (exact) mass is 715 g/mol. The van der Waals surface area contributed by atoms with Gasteiger partial charge in [0.05, 0.1) is 12.2 Å². The Bertz CT molecular complexity index is 1570. The Labute approximate surface area is 279 Å². The number of anilines is 4. The number of halogens is 6. The fourth-order valence-electron chi connectivity index (χ4n) is 4.84. The van der Waals surface area contributed by atoms with Crippen LogP contribution in [-0.4, -0.2) is 112 Å². The van der Waals surface area contributed by atoms with Crippen LogP contribution in [0.2, 0.25) is 0 Å². The van der Waals surface area contributed by atoms with Gasteiger partial charge in [0.1, 0.15) is 0 Å². The predicted octanol–water partition coefficient (Wildman–Crippen LogP) is 3.62. The third-order valence-electron chi connectivity index (χ3n) is 7.16. The number of amides is 2. The Hall–Kier alpha value is -5.31. The molecule has 2 aromatic heterocycles. The second-order valence-corrected chi connectivity index (χ2v) is 10.9.